The molecular formula is C22H19N3OS. The van der Waals surface area contributed by atoms with Gasteiger partial charge in [-0.05, 0) is 47.0 Å². The molecule has 0 unspecified atom stereocenters. The number of hydrogen-bond donors (Lipinski definition) is 1. The smallest absolute Gasteiger partial charge is 0.264 e. The monoisotopic (exact) mass is 373 g/mol. The van der Waals surface area contributed by atoms with Gasteiger partial charge in [0.1, 0.15) is 0 Å². The number of hydrogen-bond acceptors (Lipinski definition) is 4. The Labute approximate surface area is 162 Å². The van der Waals surface area contributed by atoms with Gasteiger partial charge >= 0.3 is 0 Å². The molecule has 134 valence electrons. The van der Waals surface area contributed by atoms with Gasteiger partial charge < -0.3 is 10.2 Å². The lowest BCUT2D eigenvalue weighted by Crippen LogP contribution is -2.19. The molecule has 1 amide bonds. The molecule has 0 spiro atoms. The Morgan fingerprint density at radius 3 is 2.48 bits per heavy atom. The molecular weight excluding hydrogens is 354 g/mol. The largest absolute Gasteiger partial charge is 0.378 e. The van der Waals surface area contributed by atoms with E-state index in [1.807, 2.05) is 79.7 Å². The maximum absolute atomic E-state index is 12.3. The van der Waals surface area contributed by atoms with Crippen LogP contribution in [0.15, 0.2) is 76.6 Å². The van der Waals surface area contributed by atoms with Crippen molar-refractivity contribution >= 4 is 51.1 Å². The Kier molecular flexibility index (Phi) is 4.69. The highest BCUT2D eigenvalue weighted by Gasteiger charge is 2.24. The first-order chi connectivity index (χ1) is 13.1. The van der Waals surface area contributed by atoms with Gasteiger partial charge in [0.25, 0.3) is 5.91 Å². The summed E-state index contributed by atoms with van der Waals surface area (Å²) < 4.78 is 0. The third-order valence-electron chi connectivity index (χ3n) is 4.35. The van der Waals surface area contributed by atoms with Crippen LogP contribution in [0.1, 0.15) is 5.56 Å². The molecule has 0 aliphatic carbocycles. The molecule has 1 fully saturated rings. The molecule has 3 aromatic rings. The maximum Gasteiger partial charge on any atom is 0.264 e. The summed E-state index contributed by atoms with van der Waals surface area (Å²) in [6.45, 7) is 0. The van der Waals surface area contributed by atoms with Crippen molar-refractivity contribution < 1.29 is 4.79 Å². The van der Waals surface area contributed by atoms with E-state index < -0.39 is 0 Å². The molecule has 1 N–H and O–H groups in total. The van der Waals surface area contributed by atoms with Gasteiger partial charge in [0.05, 0.1) is 10.6 Å². The molecule has 0 radical (unpaired) electrons. The molecule has 0 atom stereocenters. The van der Waals surface area contributed by atoms with Gasteiger partial charge in [0, 0.05) is 25.2 Å². The molecule has 3 aromatic carbocycles. The van der Waals surface area contributed by atoms with E-state index in [2.05, 4.69) is 22.4 Å². The highest BCUT2D eigenvalue weighted by molar-refractivity contribution is 8.18. The van der Waals surface area contributed by atoms with Crippen LogP contribution in [0.2, 0.25) is 0 Å². The van der Waals surface area contributed by atoms with Crippen molar-refractivity contribution in [1.29, 1.82) is 0 Å². The maximum atomic E-state index is 12.3. The molecule has 27 heavy (non-hydrogen) atoms. The Bertz CT molecular complexity index is 1060. The molecule has 0 aromatic heterocycles. The number of nitrogens with zero attached hydrogens (tertiary/aromatic N) is 2. The van der Waals surface area contributed by atoms with E-state index in [-0.39, 0.29) is 5.91 Å². The van der Waals surface area contributed by atoms with Crippen LogP contribution in [0.3, 0.4) is 0 Å². The molecule has 4 nitrogen and oxygen atoms in total. The van der Waals surface area contributed by atoms with Gasteiger partial charge in [-0.2, -0.15) is 0 Å². The quantitative estimate of drug-likeness (QED) is 0.671. The van der Waals surface area contributed by atoms with Crippen LogP contribution >= 0.6 is 11.8 Å². The fraction of sp³-hybridized carbons (Fsp3) is 0.0909. The van der Waals surface area contributed by atoms with Crippen LogP contribution in [-0.4, -0.2) is 25.2 Å². The van der Waals surface area contributed by atoms with Gasteiger partial charge in [-0.3, -0.25) is 4.79 Å². The minimum atomic E-state index is -0.115. The van der Waals surface area contributed by atoms with Crippen molar-refractivity contribution in [2.24, 2.45) is 4.99 Å². The first-order valence-corrected chi connectivity index (χ1v) is 9.46. The fourth-order valence-corrected chi connectivity index (χ4v) is 3.75. The van der Waals surface area contributed by atoms with E-state index in [9.17, 15) is 4.79 Å². The summed E-state index contributed by atoms with van der Waals surface area (Å²) in [5.74, 6) is -0.115. The molecule has 5 heteroatoms. The second-order valence-corrected chi connectivity index (χ2v) is 7.50. The van der Waals surface area contributed by atoms with Crippen molar-refractivity contribution in [3.05, 3.63) is 77.2 Å². The number of nitrogens with one attached hydrogen (secondary N) is 1. The van der Waals surface area contributed by atoms with E-state index in [0.29, 0.717) is 10.1 Å². The standard InChI is InChI=1S/C22H19N3OS/c1-25(2)17-12-10-15(11-13-17)14-20-21(26)24-22(27-20)23-19-9-5-7-16-6-3-4-8-18(16)19/h3-14H,1-2H3,(H,23,24,26). The Hall–Kier alpha value is -3.05. The second kappa shape index (κ2) is 7.29. The number of benzene rings is 3. The number of fused-ring (bicyclic) bond motifs is 1. The van der Waals surface area contributed by atoms with Crippen LogP contribution in [0.5, 0.6) is 0 Å². The summed E-state index contributed by atoms with van der Waals surface area (Å²) in [5.41, 5.74) is 2.97. The number of thioether (sulfide) groups is 1. The summed E-state index contributed by atoms with van der Waals surface area (Å²) in [6.07, 6.45) is 1.89. The minimum absolute atomic E-state index is 0.115. The molecule has 0 bridgehead atoms. The third kappa shape index (κ3) is 3.73. The fourth-order valence-electron chi connectivity index (χ4n) is 2.92. The second-order valence-electron chi connectivity index (χ2n) is 6.47. The molecule has 1 saturated heterocycles. The van der Waals surface area contributed by atoms with Crippen molar-refractivity contribution in [2.75, 3.05) is 19.0 Å². The van der Waals surface area contributed by atoms with Crippen LogP contribution in [-0.2, 0) is 4.79 Å². The first-order valence-electron chi connectivity index (χ1n) is 8.65. The zero-order valence-electron chi connectivity index (χ0n) is 15.1. The summed E-state index contributed by atoms with van der Waals surface area (Å²) >= 11 is 1.37. The Morgan fingerprint density at radius 2 is 1.70 bits per heavy atom. The summed E-state index contributed by atoms with van der Waals surface area (Å²) in [5, 5.41) is 5.67. The predicted molar refractivity (Wildman–Crippen MR) is 116 cm³/mol. The van der Waals surface area contributed by atoms with Gasteiger partial charge in [0.15, 0.2) is 5.17 Å². The van der Waals surface area contributed by atoms with Gasteiger partial charge in [0.2, 0.25) is 0 Å². The zero-order valence-corrected chi connectivity index (χ0v) is 16.0. The highest BCUT2D eigenvalue weighted by atomic mass is 32.2. The van der Waals surface area contributed by atoms with Crippen molar-refractivity contribution in [3.8, 4) is 0 Å². The summed E-state index contributed by atoms with van der Waals surface area (Å²) in [6, 6.07) is 22.2. The van der Waals surface area contributed by atoms with Crippen molar-refractivity contribution in [2.45, 2.75) is 0 Å². The van der Waals surface area contributed by atoms with Gasteiger partial charge in [-0.25, -0.2) is 4.99 Å². The van der Waals surface area contributed by atoms with Gasteiger partial charge in [-0.15, -0.1) is 0 Å². The van der Waals surface area contributed by atoms with E-state index >= 15 is 0 Å². The lowest BCUT2D eigenvalue weighted by molar-refractivity contribution is -0.115. The Balaban J connectivity index is 1.61. The number of rotatable bonds is 3. The van der Waals surface area contributed by atoms with E-state index in [1.165, 1.54) is 11.8 Å². The topological polar surface area (TPSA) is 44.7 Å². The molecule has 1 heterocycles. The average Bonchev–Trinajstić information content (AvgIpc) is 3.01. The van der Waals surface area contributed by atoms with E-state index in [4.69, 9.17) is 0 Å². The molecule has 0 saturated carbocycles. The van der Waals surface area contributed by atoms with E-state index in [1.54, 1.807) is 0 Å². The number of aliphatic imine (C=N–C) groups is 1. The third-order valence-corrected chi connectivity index (χ3v) is 5.26. The number of carbonyl (C=O) groups excluding carboxylic acids is 1. The number of anilines is 1. The molecule has 4 rings (SSSR count). The van der Waals surface area contributed by atoms with Crippen LogP contribution < -0.4 is 10.2 Å². The summed E-state index contributed by atoms with van der Waals surface area (Å²) in [7, 11) is 4.01. The normalized spacial score (nSPS) is 16.9. The SMILES string of the molecule is CN(C)c1ccc(C=C2SC(=Nc3cccc4ccccc34)NC2=O)cc1. The zero-order chi connectivity index (χ0) is 18.8. The first kappa shape index (κ1) is 17.4. The lowest BCUT2D eigenvalue weighted by atomic mass is 10.1. The van der Waals surface area contributed by atoms with Crippen LogP contribution in [0.25, 0.3) is 16.8 Å². The summed E-state index contributed by atoms with van der Waals surface area (Å²) in [4.78, 5) is 19.7. The predicted octanol–water partition coefficient (Wildman–Crippen LogP) is 4.80. The van der Waals surface area contributed by atoms with Crippen molar-refractivity contribution in [1.82, 2.24) is 5.32 Å². The number of amides is 1. The molecule has 1 aliphatic rings. The average molecular weight is 373 g/mol. The van der Waals surface area contributed by atoms with Gasteiger partial charge in [-0.1, -0.05) is 48.5 Å². The van der Waals surface area contributed by atoms with E-state index in [0.717, 1.165) is 27.7 Å². The number of amidine groups is 1. The minimum Gasteiger partial charge on any atom is -0.378 e. The molecule has 1 aliphatic heterocycles. The van der Waals surface area contributed by atoms with Crippen LogP contribution in [0.4, 0.5) is 11.4 Å². The lowest BCUT2D eigenvalue weighted by Gasteiger charge is -2.11. The number of carbonyl (C=O) groups is 1. The highest BCUT2D eigenvalue weighted by Crippen LogP contribution is 2.31. The van der Waals surface area contributed by atoms with Crippen LogP contribution in [0, 0.1) is 0 Å². The Morgan fingerprint density at radius 1 is 0.963 bits per heavy atom. The van der Waals surface area contributed by atoms with Crippen molar-refractivity contribution in [3.63, 3.8) is 0 Å².